The molecule has 0 aliphatic rings. The van der Waals surface area contributed by atoms with Gasteiger partial charge in [-0.1, -0.05) is 0 Å². The van der Waals surface area contributed by atoms with Crippen molar-refractivity contribution in [3.63, 3.8) is 0 Å². The van der Waals surface area contributed by atoms with E-state index in [1.54, 1.807) is 0 Å². The van der Waals surface area contributed by atoms with Gasteiger partial charge < -0.3 is 241 Å². The Morgan fingerprint density at radius 1 is 0.247 bits per heavy atom. The van der Waals surface area contributed by atoms with Gasteiger partial charge in [0.25, 0.3) is 0 Å². The minimum Gasteiger partial charge on any atom is -0.469 e. The van der Waals surface area contributed by atoms with E-state index in [1.165, 1.54) is 14.2 Å². The summed E-state index contributed by atoms with van der Waals surface area (Å²) in [6, 6.07) is 1.36. The van der Waals surface area contributed by atoms with Crippen molar-refractivity contribution < 1.29 is 482 Å². The number of hydrogen-bond acceptors (Lipinski definition) is 5. The molecule has 0 aromatic carbocycles. The van der Waals surface area contributed by atoms with Crippen LogP contribution in [0.5, 0.6) is 0 Å². The number of ether oxygens (including phenoxy) is 2. The van der Waals surface area contributed by atoms with Crippen LogP contribution in [0.4, 0.5) is 0 Å². The van der Waals surface area contributed by atoms with Gasteiger partial charge in [0.05, 0.1) is 98.8 Å². The fourth-order valence-corrected chi connectivity index (χ4v) is 2.50. The number of methoxy groups -OCH3 is 2. The average Bonchev–Trinajstić information content (AvgIpc) is 2.48. The number of esters is 2. The molecule has 566 valence electrons. The summed E-state index contributed by atoms with van der Waals surface area (Å²) in [7, 11) is 28.8. The van der Waals surface area contributed by atoms with Gasteiger partial charge in [0.2, 0.25) is 19.5 Å². The summed E-state index contributed by atoms with van der Waals surface area (Å²) in [6.45, 7) is 0. The maximum atomic E-state index is 10.7. The molecule has 81 heavy (non-hydrogen) atoms. The van der Waals surface area contributed by atoms with Gasteiger partial charge in [-0.25, -0.2) is 0 Å². The average molecular weight is 3230 g/mol. The Labute approximate surface area is 639 Å². The van der Waals surface area contributed by atoms with E-state index >= 15 is 0 Å². The number of rotatable bonds is 8. The van der Waals surface area contributed by atoms with Gasteiger partial charge in [-0.2, -0.15) is 9.90 Å². The Kier molecular flexibility index (Phi) is 3220. The molecule has 1 unspecified atom stereocenters. The first-order valence-electron chi connectivity index (χ1n) is 9.82. The van der Waals surface area contributed by atoms with Crippen LogP contribution in [0.3, 0.4) is 0 Å². The van der Waals surface area contributed by atoms with Crippen molar-refractivity contribution in [3.05, 3.63) is 0 Å². The Hall–Kier alpha value is 5.66. The first-order chi connectivity index (χ1) is 13.2. The Bertz CT molecular complexity index is 451. The molecule has 0 bridgehead atoms. The molecule has 1 atom stereocenters. The molecule has 0 amide bonds. The van der Waals surface area contributed by atoms with Crippen LogP contribution in [0, 0.1) is 0 Å². The minimum atomic E-state index is -0.219. The molecule has 0 aliphatic carbocycles. The molecule has 0 saturated carbocycles. The van der Waals surface area contributed by atoms with E-state index in [4.69, 9.17) is 4.12 Å². The number of quaternary nitrogens is 3. The van der Waals surface area contributed by atoms with Crippen molar-refractivity contribution in [2.24, 2.45) is 0 Å². The molecule has 0 fully saturated rings. The Morgan fingerprint density at radius 3 is 0.383 bits per heavy atom. The second kappa shape index (κ2) is 411. The van der Waals surface area contributed by atoms with Crippen LogP contribution < -0.4 is 0 Å². The third kappa shape index (κ3) is 1550. The maximum absolute atomic E-state index is 10.7. The molecule has 0 aromatic heterocycles. The molecule has 0 aromatic rings. The van der Waals surface area contributed by atoms with Crippen molar-refractivity contribution in [2.45, 2.75) is 24.9 Å². The van der Waals surface area contributed by atoms with E-state index in [9.17, 15) is 9.59 Å². The monoisotopic (exact) mass is 3230 g/mol. The van der Waals surface area contributed by atoms with Gasteiger partial charge in [-0.3, -0.25) is 9.59 Å². The second-order valence-electron chi connectivity index (χ2n) is 10.6. The van der Waals surface area contributed by atoms with E-state index in [0.29, 0.717) is 44.5 Å². The molecule has 0 saturated heterocycles. The van der Waals surface area contributed by atoms with Crippen LogP contribution >= 0.6 is 9.90 Å². The third-order valence-electron chi connectivity index (χ3n) is 1.46. The predicted molar refractivity (Wildman–Crippen MR) is 279 cm³/mol. The summed E-state index contributed by atoms with van der Waals surface area (Å²) in [5, 5.41) is 0. The normalized spacial score (nSPS) is 4.02. The smallest absolute Gasteiger partial charge is 0.305 e. The van der Waals surface area contributed by atoms with Gasteiger partial charge in [-0.15, -0.1) is 0 Å². The van der Waals surface area contributed by atoms with E-state index in [-0.39, 0.29) is 467 Å². The zero-order valence-electron chi connectivity index (χ0n) is 46.9. The quantitative estimate of drug-likeness (QED) is 0.0749. The summed E-state index contributed by atoms with van der Waals surface area (Å²) in [5.74, 6) is -0.437. The maximum Gasteiger partial charge on any atom is 0.305 e. The van der Waals surface area contributed by atoms with Crippen molar-refractivity contribution in [2.75, 3.05) is 98.8 Å². The van der Waals surface area contributed by atoms with Gasteiger partial charge in [-0.05, 0) is 12.1 Å². The second-order valence-corrected chi connectivity index (χ2v) is 13.0. The molecule has 0 aliphatic heterocycles. The first-order valence-corrected chi connectivity index (χ1v) is 12.1. The summed E-state index contributed by atoms with van der Waals surface area (Å²) < 4.78 is 17.2. The fraction of sp³-hybridized carbons (Fsp3) is 0.900. The van der Waals surface area contributed by atoms with Crippen molar-refractivity contribution in [1.29, 1.82) is 0 Å². The van der Waals surface area contributed by atoms with Crippen molar-refractivity contribution >= 4 is 41.4 Å². The van der Waals surface area contributed by atoms with Crippen LogP contribution in [0.1, 0.15) is 12.8 Å². The fourth-order valence-electron chi connectivity index (χ4n) is 0.663. The van der Waals surface area contributed by atoms with Crippen LogP contribution in [0.25, 0.3) is 0 Å². The number of nitrogens with zero attached hydrogens (tertiary/aromatic N) is 3. The first kappa shape index (κ1) is 634. The number of hydrogen-bond donors (Lipinski definition) is 0. The minimum absolute atomic E-state index is 0. The molecule has 4 radical (unpaired) electrons. The van der Waals surface area contributed by atoms with Gasteiger partial charge in [0, 0.05) is 245 Å². The van der Waals surface area contributed by atoms with E-state index in [2.05, 4.69) is 94.0 Å². The summed E-state index contributed by atoms with van der Waals surface area (Å²) in [6.07, 6.45) is 0.771. The summed E-state index contributed by atoms with van der Waals surface area (Å²) in [5.41, 5.74) is 0. The molecular formula is C20H131N3O44PSi2W11+3. The third-order valence-corrected chi connectivity index (χ3v) is 3.53. The molecule has 78 N–H and O–H groups in total. The molecular weight excluding hydrogens is 3100 g/mol. The summed E-state index contributed by atoms with van der Waals surface area (Å²) >= 11 is 0. The predicted octanol–water partition coefficient (Wildman–Crippen LogP) is -31.0. The number of carbonyl (C=O) groups excluding carboxylic acids is 2. The van der Waals surface area contributed by atoms with Crippen LogP contribution in [-0.2, 0) is 255 Å². The molecule has 61 heteroatoms. The SMILES string of the molecule is COC(=O)CC[Si]O[Si]CCC(=O)OC.C[N+](C)(C)C.C[N+](C)(C)C.C[N+](C)(C)C.O.O.O.O.O.O.O.O.O.O.O.O.O.O.O.O.O.O.O.O.O.O.O.O.O.O.O.O.O.O.O.O.O.O.O.O.O.O.O.P.[W].[W].[W].[W].[W].[W].[W].[W].[W].[W].[W]. The molecule has 0 heterocycles. The van der Waals surface area contributed by atoms with Crippen molar-refractivity contribution in [3.8, 4) is 0 Å². The van der Waals surface area contributed by atoms with Gasteiger partial charge >= 0.3 is 11.9 Å². The Morgan fingerprint density at radius 2 is 0.321 bits per heavy atom. The largest absolute Gasteiger partial charge is 0.469 e. The van der Waals surface area contributed by atoms with E-state index < -0.39 is 0 Å². The van der Waals surface area contributed by atoms with E-state index in [1.807, 2.05) is 0 Å². The molecule has 0 spiro atoms. The van der Waals surface area contributed by atoms with Crippen molar-refractivity contribution in [1.82, 2.24) is 0 Å². The van der Waals surface area contributed by atoms with Gasteiger partial charge in [0.15, 0.2) is 0 Å². The summed E-state index contributed by atoms with van der Waals surface area (Å²) in [4.78, 5) is 21.4. The molecule has 47 nitrogen and oxygen atoms in total. The Balaban J connectivity index is -0.00000000182. The van der Waals surface area contributed by atoms with Gasteiger partial charge in [0.1, 0.15) is 0 Å². The zero-order chi connectivity index (χ0) is 25.0. The van der Waals surface area contributed by atoms with Crippen LogP contribution in [0.15, 0.2) is 0 Å². The topological polar surface area (TPSA) is 1290 Å². The van der Waals surface area contributed by atoms with Crippen LogP contribution in [0.2, 0.25) is 12.1 Å². The number of carbonyl (C=O) groups is 2. The standard InChI is InChI=1S/C8H14O5Si2.3C4H12N.39H2O.H3P.11W/c1-11-7(9)3-5-14-13-15-6-4-8(10)12-2;3*1-5(2,3)4;;;;;;;;;;;;;;;;;;;;;;;;;;;;;;;;;;;;;;;;;;;;;;;;;;;/h3-6H2,1-2H3;3*1-4H3;39*1H2;1H3;;;;;;;;;;;/q;3*+1;;;;;;;;;;;;;;;;;;;;;;;;;;;;;;;;;;;;;;;;;;;;;;;;;;;. The zero-order valence-corrected chi connectivity index (χ0v) is 82.6. The van der Waals surface area contributed by atoms with Crippen LogP contribution in [-0.4, -0.2) is 357 Å². The van der Waals surface area contributed by atoms with E-state index in [0.717, 1.165) is 13.4 Å². The molecule has 0 rings (SSSR count).